The third-order valence-electron chi connectivity index (χ3n) is 4.85. The molecule has 0 saturated carbocycles. The molecular weight excluding hydrogens is 312 g/mol. The van der Waals surface area contributed by atoms with Gasteiger partial charge in [0.15, 0.2) is 0 Å². The predicted molar refractivity (Wildman–Crippen MR) is 96.1 cm³/mol. The molecule has 2 aromatic heterocycles. The number of benzene rings is 1. The SMILES string of the molecule is O=C(c1ccncn1)N1CCC[C@@H](Cc2cccc3ncccc23)C1. The van der Waals surface area contributed by atoms with Gasteiger partial charge in [-0.3, -0.25) is 9.78 Å². The van der Waals surface area contributed by atoms with Crippen LogP contribution in [0.25, 0.3) is 10.9 Å². The van der Waals surface area contributed by atoms with Gasteiger partial charge in [0, 0.05) is 30.9 Å². The molecule has 126 valence electrons. The molecule has 1 atom stereocenters. The molecule has 1 aromatic carbocycles. The molecule has 3 heterocycles. The zero-order chi connectivity index (χ0) is 17.1. The molecule has 5 nitrogen and oxygen atoms in total. The van der Waals surface area contributed by atoms with Gasteiger partial charge in [-0.2, -0.15) is 0 Å². The fourth-order valence-electron chi connectivity index (χ4n) is 3.65. The Hall–Kier alpha value is -2.82. The van der Waals surface area contributed by atoms with E-state index in [2.05, 4.69) is 33.2 Å². The first-order valence-corrected chi connectivity index (χ1v) is 8.69. The summed E-state index contributed by atoms with van der Waals surface area (Å²) in [6.45, 7) is 1.58. The van der Waals surface area contributed by atoms with E-state index >= 15 is 0 Å². The van der Waals surface area contributed by atoms with Crippen molar-refractivity contribution in [3.63, 3.8) is 0 Å². The second-order valence-electron chi connectivity index (χ2n) is 6.55. The van der Waals surface area contributed by atoms with Crippen molar-refractivity contribution in [2.75, 3.05) is 13.1 Å². The minimum Gasteiger partial charge on any atom is -0.337 e. The largest absolute Gasteiger partial charge is 0.337 e. The number of carbonyl (C=O) groups is 1. The van der Waals surface area contributed by atoms with Gasteiger partial charge >= 0.3 is 0 Å². The number of nitrogens with zero attached hydrogens (tertiary/aromatic N) is 4. The monoisotopic (exact) mass is 332 g/mol. The Kier molecular flexibility index (Phi) is 4.37. The van der Waals surface area contributed by atoms with Crippen LogP contribution >= 0.6 is 0 Å². The number of fused-ring (bicyclic) bond motifs is 1. The molecule has 0 unspecified atom stereocenters. The van der Waals surface area contributed by atoms with Gasteiger partial charge in [0.1, 0.15) is 12.0 Å². The molecular formula is C20H20N4O. The van der Waals surface area contributed by atoms with Crippen molar-refractivity contribution < 1.29 is 4.79 Å². The van der Waals surface area contributed by atoms with Gasteiger partial charge in [-0.15, -0.1) is 0 Å². The van der Waals surface area contributed by atoms with E-state index in [0.717, 1.165) is 37.9 Å². The maximum absolute atomic E-state index is 12.6. The van der Waals surface area contributed by atoms with Gasteiger partial charge in [-0.1, -0.05) is 18.2 Å². The molecule has 3 aromatic rings. The van der Waals surface area contributed by atoms with Crippen molar-refractivity contribution in [1.29, 1.82) is 0 Å². The molecule has 0 aliphatic carbocycles. The summed E-state index contributed by atoms with van der Waals surface area (Å²) in [6.07, 6.45) is 8.02. The van der Waals surface area contributed by atoms with Gasteiger partial charge in [0.25, 0.3) is 5.91 Å². The van der Waals surface area contributed by atoms with Crippen molar-refractivity contribution >= 4 is 16.8 Å². The normalized spacial score (nSPS) is 17.6. The summed E-state index contributed by atoms with van der Waals surface area (Å²) in [4.78, 5) is 27.0. The number of rotatable bonds is 3. The van der Waals surface area contributed by atoms with Gasteiger partial charge < -0.3 is 4.90 Å². The van der Waals surface area contributed by atoms with Crippen molar-refractivity contribution in [1.82, 2.24) is 19.9 Å². The van der Waals surface area contributed by atoms with E-state index in [4.69, 9.17) is 0 Å². The minimum absolute atomic E-state index is 0.00619. The lowest BCUT2D eigenvalue weighted by molar-refractivity contribution is 0.0667. The van der Waals surface area contributed by atoms with E-state index in [9.17, 15) is 4.79 Å². The second kappa shape index (κ2) is 6.97. The van der Waals surface area contributed by atoms with E-state index < -0.39 is 0 Å². The number of aromatic nitrogens is 3. The van der Waals surface area contributed by atoms with Crippen LogP contribution in [0, 0.1) is 5.92 Å². The maximum Gasteiger partial charge on any atom is 0.272 e. The highest BCUT2D eigenvalue weighted by atomic mass is 16.2. The summed E-state index contributed by atoms with van der Waals surface area (Å²) in [7, 11) is 0. The average Bonchev–Trinajstić information content (AvgIpc) is 2.69. The fraction of sp³-hybridized carbons (Fsp3) is 0.300. The van der Waals surface area contributed by atoms with Crippen LogP contribution in [0.5, 0.6) is 0 Å². The Labute approximate surface area is 146 Å². The van der Waals surface area contributed by atoms with Gasteiger partial charge in [0.05, 0.1) is 5.52 Å². The molecule has 1 saturated heterocycles. The van der Waals surface area contributed by atoms with Crippen LogP contribution in [0.2, 0.25) is 0 Å². The van der Waals surface area contributed by atoms with Crippen LogP contribution < -0.4 is 0 Å². The highest BCUT2D eigenvalue weighted by Crippen LogP contribution is 2.25. The molecule has 4 rings (SSSR count). The minimum atomic E-state index is 0.00619. The van der Waals surface area contributed by atoms with Crippen LogP contribution in [0.1, 0.15) is 28.9 Å². The standard InChI is InChI=1S/C20H20N4O/c25-20(19-8-10-21-14-23-19)24-11-3-4-15(13-24)12-16-5-1-7-18-17(16)6-2-9-22-18/h1-2,5-10,14-15H,3-4,11-13H2/t15-/m0/s1. The van der Waals surface area contributed by atoms with E-state index in [1.807, 2.05) is 23.2 Å². The number of pyridine rings is 1. The molecule has 0 bridgehead atoms. The van der Waals surface area contributed by atoms with Crippen molar-refractivity contribution in [3.8, 4) is 0 Å². The van der Waals surface area contributed by atoms with Crippen molar-refractivity contribution in [2.45, 2.75) is 19.3 Å². The van der Waals surface area contributed by atoms with E-state index in [-0.39, 0.29) is 5.91 Å². The number of piperidine rings is 1. The molecule has 1 fully saturated rings. The number of hydrogen-bond acceptors (Lipinski definition) is 4. The Bertz CT molecular complexity index is 876. The summed E-state index contributed by atoms with van der Waals surface area (Å²) in [5.74, 6) is 0.469. The lowest BCUT2D eigenvalue weighted by Gasteiger charge is -2.32. The quantitative estimate of drug-likeness (QED) is 0.739. The number of likely N-dealkylation sites (tertiary alicyclic amines) is 1. The second-order valence-corrected chi connectivity index (χ2v) is 6.55. The summed E-state index contributed by atoms with van der Waals surface area (Å²) in [6, 6.07) is 12.1. The van der Waals surface area contributed by atoms with Gasteiger partial charge in [0.2, 0.25) is 0 Å². The lowest BCUT2D eigenvalue weighted by atomic mass is 9.89. The molecule has 0 spiro atoms. The third kappa shape index (κ3) is 3.36. The van der Waals surface area contributed by atoms with Gasteiger partial charge in [-0.05, 0) is 48.9 Å². The van der Waals surface area contributed by atoms with E-state index in [1.165, 1.54) is 17.3 Å². The zero-order valence-corrected chi connectivity index (χ0v) is 14.0. The van der Waals surface area contributed by atoms with Crippen molar-refractivity contribution in [3.05, 3.63) is 66.4 Å². The number of amides is 1. The van der Waals surface area contributed by atoms with Crippen LogP contribution in [0.4, 0.5) is 0 Å². The Morgan fingerprint density at radius 2 is 2.08 bits per heavy atom. The predicted octanol–water partition coefficient (Wildman–Crippen LogP) is 3.12. The Balaban J connectivity index is 1.51. The van der Waals surface area contributed by atoms with Crippen LogP contribution in [-0.4, -0.2) is 38.8 Å². The number of carbonyl (C=O) groups excluding carboxylic acids is 1. The Morgan fingerprint density at radius 1 is 1.12 bits per heavy atom. The summed E-state index contributed by atoms with van der Waals surface area (Å²) in [5.41, 5.74) is 2.82. The lowest BCUT2D eigenvalue weighted by Crippen LogP contribution is -2.40. The first kappa shape index (κ1) is 15.7. The van der Waals surface area contributed by atoms with Crippen LogP contribution in [-0.2, 0) is 6.42 Å². The highest BCUT2D eigenvalue weighted by molar-refractivity contribution is 5.92. The molecule has 5 heteroatoms. The van der Waals surface area contributed by atoms with Crippen LogP contribution in [0.3, 0.4) is 0 Å². The Morgan fingerprint density at radius 3 is 2.96 bits per heavy atom. The highest BCUT2D eigenvalue weighted by Gasteiger charge is 2.25. The molecule has 1 aliphatic rings. The number of hydrogen-bond donors (Lipinski definition) is 0. The zero-order valence-electron chi connectivity index (χ0n) is 14.0. The summed E-state index contributed by atoms with van der Waals surface area (Å²) >= 11 is 0. The molecule has 0 radical (unpaired) electrons. The molecule has 1 amide bonds. The molecule has 1 aliphatic heterocycles. The molecule has 25 heavy (non-hydrogen) atoms. The molecule has 0 N–H and O–H groups in total. The maximum atomic E-state index is 12.6. The average molecular weight is 332 g/mol. The van der Waals surface area contributed by atoms with E-state index in [0.29, 0.717) is 11.6 Å². The first-order valence-electron chi connectivity index (χ1n) is 8.69. The first-order chi connectivity index (χ1) is 12.3. The topological polar surface area (TPSA) is 59.0 Å². The summed E-state index contributed by atoms with van der Waals surface area (Å²) in [5, 5.41) is 1.21. The third-order valence-corrected chi connectivity index (χ3v) is 4.85. The fourth-order valence-corrected chi connectivity index (χ4v) is 3.65. The van der Waals surface area contributed by atoms with Crippen molar-refractivity contribution in [2.24, 2.45) is 5.92 Å². The van der Waals surface area contributed by atoms with Crippen LogP contribution in [0.15, 0.2) is 55.1 Å². The smallest absolute Gasteiger partial charge is 0.272 e. The van der Waals surface area contributed by atoms with E-state index in [1.54, 1.807) is 12.3 Å². The summed E-state index contributed by atoms with van der Waals surface area (Å²) < 4.78 is 0. The van der Waals surface area contributed by atoms with Gasteiger partial charge in [-0.25, -0.2) is 9.97 Å².